The first-order valence-electron chi connectivity index (χ1n) is 5.74. The summed E-state index contributed by atoms with van der Waals surface area (Å²) in [5.41, 5.74) is 0.161. The molecule has 0 bridgehead atoms. The van der Waals surface area contributed by atoms with Gasteiger partial charge in [-0.3, -0.25) is 4.79 Å². The van der Waals surface area contributed by atoms with Crippen LogP contribution in [0.3, 0.4) is 0 Å². The van der Waals surface area contributed by atoms with Gasteiger partial charge in [0, 0.05) is 19.0 Å². The minimum atomic E-state index is -4.63. The van der Waals surface area contributed by atoms with Crippen LogP contribution in [0.5, 0.6) is 0 Å². The number of carbonyl (C=O) groups excluding carboxylic acids is 1. The molecule has 20 heavy (non-hydrogen) atoms. The van der Waals surface area contributed by atoms with Gasteiger partial charge in [-0.1, -0.05) is 19.1 Å². The lowest BCUT2D eigenvalue weighted by molar-refractivity contribution is -0.134. The summed E-state index contributed by atoms with van der Waals surface area (Å²) in [7, 11) is -3.43. The molecule has 0 radical (unpaired) electrons. The van der Waals surface area contributed by atoms with Gasteiger partial charge in [0.2, 0.25) is 10.0 Å². The third-order valence-corrected chi connectivity index (χ3v) is 4.39. The molecule has 0 aliphatic heterocycles. The Hall–Kier alpha value is -1.41. The quantitative estimate of drug-likeness (QED) is 0.785. The summed E-state index contributed by atoms with van der Waals surface area (Å²) >= 11 is 0. The van der Waals surface area contributed by atoms with Crippen LogP contribution in [0, 0.1) is 0 Å². The molecule has 0 unspecified atom stereocenters. The number of Topliss-reactive ketones (excluding diaryl/α,β-unsaturated/α-hetero) is 1. The fourth-order valence-electron chi connectivity index (χ4n) is 1.55. The highest BCUT2D eigenvalue weighted by Gasteiger charge is 2.34. The number of alkyl halides is 3. The molecule has 112 valence electrons. The number of nitrogens with zero attached hydrogens (tertiary/aromatic N) is 1. The first-order valence-corrected chi connectivity index (χ1v) is 7.18. The second kappa shape index (κ2) is 5.92. The summed E-state index contributed by atoms with van der Waals surface area (Å²) < 4.78 is 60.9. The molecule has 0 spiro atoms. The lowest BCUT2D eigenvalue weighted by Gasteiger charge is -2.19. The second-order valence-corrected chi connectivity index (χ2v) is 6.23. The number of ketones is 1. The molecular formula is C12H14F3NO3S. The molecular weight excluding hydrogens is 295 g/mol. The van der Waals surface area contributed by atoms with Crippen molar-refractivity contribution in [1.82, 2.24) is 4.31 Å². The van der Waals surface area contributed by atoms with Crippen molar-refractivity contribution < 1.29 is 26.4 Å². The van der Waals surface area contributed by atoms with Gasteiger partial charge in [0.25, 0.3) is 0 Å². The van der Waals surface area contributed by atoms with E-state index >= 15 is 0 Å². The van der Waals surface area contributed by atoms with Crippen LogP contribution in [-0.2, 0) is 10.0 Å². The molecule has 0 amide bonds. The standard InChI is InChI=1S/C12H14F3NO3S/c1-3-11(17)9-5-4-6-10(7-9)20(18,19)16(2)8-12(13,14)15/h4-7H,3,8H2,1-2H3. The van der Waals surface area contributed by atoms with E-state index in [1.54, 1.807) is 6.92 Å². The SMILES string of the molecule is CCC(=O)c1cccc(S(=O)(=O)N(C)CC(F)(F)F)c1. The predicted octanol–water partition coefficient (Wildman–Crippen LogP) is 2.46. The number of rotatable bonds is 5. The minimum Gasteiger partial charge on any atom is -0.294 e. The molecule has 0 atom stereocenters. The molecule has 0 heterocycles. The van der Waals surface area contributed by atoms with Gasteiger partial charge in [-0.2, -0.15) is 17.5 Å². The Morgan fingerprint density at radius 2 is 1.90 bits per heavy atom. The number of hydrogen-bond donors (Lipinski definition) is 0. The number of sulfonamides is 1. The van der Waals surface area contributed by atoms with E-state index in [1.165, 1.54) is 12.1 Å². The van der Waals surface area contributed by atoms with Gasteiger partial charge in [0.1, 0.15) is 6.54 Å². The molecule has 0 N–H and O–H groups in total. The van der Waals surface area contributed by atoms with E-state index in [0.29, 0.717) is 0 Å². The maximum absolute atomic E-state index is 12.3. The molecule has 0 saturated heterocycles. The largest absolute Gasteiger partial charge is 0.402 e. The van der Waals surface area contributed by atoms with Gasteiger partial charge in [0.05, 0.1) is 4.90 Å². The minimum absolute atomic E-state index is 0.161. The maximum Gasteiger partial charge on any atom is 0.402 e. The van der Waals surface area contributed by atoms with Crippen LogP contribution in [0.2, 0.25) is 0 Å². The summed E-state index contributed by atoms with van der Waals surface area (Å²) in [6.45, 7) is 0.0283. The summed E-state index contributed by atoms with van der Waals surface area (Å²) in [6.07, 6.45) is -4.44. The molecule has 0 aromatic heterocycles. The Morgan fingerprint density at radius 1 is 1.30 bits per heavy atom. The van der Waals surface area contributed by atoms with Crippen molar-refractivity contribution in [3.05, 3.63) is 29.8 Å². The maximum atomic E-state index is 12.3. The van der Waals surface area contributed by atoms with E-state index in [9.17, 15) is 26.4 Å². The van der Waals surface area contributed by atoms with Gasteiger partial charge >= 0.3 is 6.18 Å². The zero-order chi connectivity index (χ0) is 15.6. The lowest BCUT2D eigenvalue weighted by atomic mass is 10.1. The van der Waals surface area contributed by atoms with Crippen LogP contribution in [0.1, 0.15) is 23.7 Å². The van der Waals surface area contributed by atoms with Gasteiger partial charge in [-0.05, 0) is 12.1 Å². The van der Waals surface area contributed by atoms with Crippen molar-refractivity contribution in [2.24, 2.45) is 0 Å². The smallest absolute Gasteiger partial charge is 0.294 e. The van der Waals surface area contributed by atoms with Crippen LogP contribution in [-0.4, -0.2) is 38.3 Å². The lowest BCUT2D eigenvalue weighted by Crippen LogP contribution is -2.35. The van der Waals surface area contributed by atoms with Crippen molar-refractivity contribution in [2.75, 3.05) is 13.6 Å². The number of benzene rings is 1. The molecule has 1 aromatic rings. The van der Waals surface area contributed by atoms with Gasteiger partial charge in [-0.15, -0.1) is 0 Å². The second-order valence-electron chi connectivity index (χ2n) is 4.18. The fourth-order valence-corrected chi connectivity index (χ4v) is 2.75. The Balaban J connectivity index is 3.13. The Bertz CT molecular complexity index is 596. The average Bonchev–Trinajstić information content (AvgIpc) is 2.36. The van der Waals surface area contributed by atoms with Crippen LogP contribution < -0.4 is 0 Å². The van der Waals surface area contributed by atoms with E-state index in [2.05, 4.69) is 0 Å². The topological polar surface area (TPSA) is 54.5 Å². The van der Waals surface area contributed by atoms with E-state index in [-0.39, 0.29) is 27.0 Å². The van der Waals surface area contributed by atoms with Crippen LogP contribution in [0.15, 0.2) is 29.2 Å². The van der Waals surface area contributed by atoms with Gasteiger partial charge in [0.15, 0.2) is 5.78 Å². The Labute approximate surface area is 115 Å². The number of carbonyl (C=O) groups is 1. The number of halogens is 3. The first-order chi connectivity index (χ1) is 9.08. The predicted molar refractivity (Wildman–Crippen MR) is 66.9 cm³/mol. The molecule has 0 fully saturated rings. The van der Waals surface area contributed by atoms with E-state index in [1.807, 2.05) is 0 Å². The van der Waals surface area contributed by atoms with E-state index in [0.717, 1.165) is 19.2 Å². The van der Waals surface area contributed by atoms with E-state index < -0.39 is 22.7 Å². The zero-order valence-electron chi connectivity index (χ0n) is 10.9. The summed E-state index contributed by atoms with van der Waals surface area (Å²) in [4.78, 5) is 11.2. The summed E-state index contributed by atoms with van der Waals surface area (Å²) in [5.74, 6) is -0.277. The third-order valence-electron chi connectivity index (χ3n) is 2.59. The zero-order valence-corrected chi connectivity index (χ0v) is 11.8. The van der Waals surface area contributed by atoms with Crippen molar-refractivity contribution >= 4 is 15.8 Å². The van der Waals surface area contributed by atoms with Crippen LogP contribution in [0.4, 0.5) is 13.2 Å². The van der Waals surface area contributed by atoms with Crippen LogP contribution >= 0.6 is 0 Å². The molecule has 1 rings (SSSR count). The first kappa shape index (κ1) is 16.6. The highest BCUT2D eigenvalue weighted by Crippen LogP contribution is 2.22. The summed E-state index contributed by atoms with van der Waals surface area (Å²) in [6, 6.07) is 5.01. The highest BCUT2D eigenvalue weighted by molar-refractivity contribution is 7.89. The molecule has 1 aromatic carbocycles. The molecule has 0 aliphatic carbocycles. The normalized spacial score (nSPS) is 12.7. The third kappa shape index (κ3) is 4.04. The Kier molecular flexibility index (Phi) is 4.93. The average molecular weight is 309 g/mol. The summed E-state index contributed by atoms with van der Waals surface area (Å²) in [5, 5.41) is 0. The van der Waals surface area contributed by atoms with Crippen LogP contribution in [0.25, 0.3) is 0 Å². The molecule has 8 heteroatoms. The molecule has 4 nitrogen and oxygen atoms in total. The fraction of sp³-hybridized carbons (Fsp3) is 0.417. The van der Waals surface area contributed by atoms with Crippen molar-refractivity contribution in [3.8, 4) is 0 Å². The molecule has 0 aliphatic rings. The van der Waals surface area contributed by atoms with Gasteiger partial charge < -0.3 is 0 Å². The van der Waals surface area contributed by atoms with Gasteiger partial charge in [-0.25, -0.2) is 8.42 Å². The highest BCUT2D eigenvalue weighted by atomic mass is 32.2. The molecule has 0 saturated carbocycles. The van der Waals surface area contributed by atoms with Crippen molar-refractivity contribution in [1.29, 1.82) is 0 Å². The Morgan fingerprint density at radius 3 is 2.40 bits per heavy atom. The van der Waals surface area contributed by atoms with Crippen molar-refractivity contribution in [2.45, 2.75) is 24.4 Å². The van der Waals surface area contributed by atoms with E-state index in [4.69, 9.17) is 0 Å². The monoisotopic (exact) mass is 309 g/mol. The number of hydrogen-bond acceptors (Lipinski definition) is 3. The van der Waals surface area contributed by atoms with Crippen molar-refractivity contribution in [3.63, 3.8) is 0 Å².